The molecule has 2 heterocycles. The minimum absolute atomic E-state index is 0.342. The van der Waals surface area contributed by atoms with E-state index in [0.717, 1.165) is 37.7 Å². The number of rotatable bonds is 3. The van der Waals surface area contributed by atoms with E-state index >= 15 is 0 Å². The van der Waals surface area contributed by atoms with Crippen LogP contribution in [0.3, 0.4) is 0 Å². The third-order valence-corrected chi connectivity index (χ3v) is 4.56. The van der Waals surface area contributed by atoms with Crippen LogP contribution in [0.5, 0.6) is 11.5 Å². The van der Waals surface area contributed by atoms with Crippen LogP contribution in [0.15, 0.2) is 18.2 Å². The lowest BCUT2D eigenvalue weighted by atomic mass is 10.2. The molecule has 1 atom stereocenters. The fourth-order valence-electron chi connectivity index (χ4n) is 2.36. The standard InChI is InChI=1S/C13H18N2O2S/c14-6-11-8-15(3-4-18-11)7-10-1-2-12-13(5-10)17-9-16-12/h1-2,5,11H,3-4,6-9,14H2. The second kappa shape index (κ2) is 5.38. The summed E-state index contributed by atoms with van der Waals surface area (Å²) in [5.41, 5.74) is 7.03. The number of ether oxygens (including phenoxy) is 2. The average Bonchev–Trinajstić information content (AvgIpc) is 2.86. The second-order valence-electron chi connectivity index (χ2n) is 4.65. The molecule has 1 fully saturated rings. The van der Waals surface area contributed by atoms with Crippen molar-refractivity contribution in [2.24, 2.45) is 5.73 Å². The van der Waals surface area contributed by atoms with Crippen LogP contribution >= 0.6 is 11.8 Å². The van der Waals surface area contributed by atoms with Gasteiger partial charge in [-0.3, -0.25) is 4.90 Å². The minimum atomic E-state index is 0.342. The molecule has 3 rings (SSSR count). The maximum atomic E-state index is 5.75. The highest BCUT2D eigenvalue weighted by Crippen LogP contribution is 2.33. The van der Waals surface area contributed by atoms with Gasteiger partial charge in [-0.2, -0.15) is 11.8 Å². The smallest absolute Gasteiger partial charge is 0.231 e. The Hall–Kier alpha value is -0.910. The van der Waals surface area contributed by atoms with E-state index in [4.69, 9.17) is 15.2 Å². The number of hydrogen-bond acceptors (Lipinski definition) is 5. The van der Waals surface area contributed by atoms with Gasteiger partial charge in [-0.15, -0.1) is 0 Å². The van der Waals surface area contributed by atoms with E-state index in [1.54, 1.807) is 0 Å². The van der Waals surface area contributed by atoms with Crippen LogP contribution in [0.1, 0.15) is 5.56 Å². The first-order valence-corrected chi connectivity index (χ1v) is 7.32. The maximum Gasteiger partial charge on any atom is 0.231 e. The Labute approximate surface area is 111 Å². The summed E-state index contributed by atoms with van der Waals surface area (Å²) < 4.78 is 10.7. The lowest BCUT2D eigenvalue weighted by molar-refractivity contribution is 0.174. The molecular weight excluding hydrogens is 248 g/mol. The molecule has 1 aromatic carbocycles. The predicted molar refractivity (Wildman–Crippen MR) is 73.1 cm³/mol. The molecule has 98 valence electrons. The number of benzene rings is 1. The Kier molecular flexibility index (Phi) is 3.63. The summed E-state index contributed by atoms with van der Waals surface area (Å²) in [5, 5.41) is 0.577. The molecule has 2 N–H and O–H groups in total. The van der Waals surface area contributed by atoms with E-state index in [9.17, 15) is 0 Å². The van der Waals surface area contributed by atoms with Crippen molar-refractivity contribution in [3.63, 3.8) is 0 Å². The van der Waals surface area contributed by atoms with Crippen molar-refractivity contribution in [3.05, 3.63) is 23.8 Å². The van der Waals surface area contributed by atoms with Gasteiger partial charge in [-0.1, -0.05) is 6.07 Å². The normalized spacial score (nSPS) is 23.3. The fraction of sp³-hybridized carbons (Fsp3) is 0.538. The van der Waals surface area contributed by atoms with Gasteiger partial charge in [0.15, 0.2) is 11.5 Å². The van der Waals surface area contributed by atoms with Gasteiger partial charge in [0, 0.05) is 37.2 Å². The number of thioether (sulfide) groups is 1. The van der Waals surface area contributed by atoms with E-state index < -0.39 is 0 Å². The topological polar surface area (TPSA) is 47.7 Å². The van der Waals surface area contributed by atoms with E-state index in [2.05, 4.69) is 17.0 Å². The van der Waals surface area contributed by atoms with Crippen LogP contribution in [-0.4, -0.2) is 42.3 Å². The van der Waals surface area contributed by atoms with Crippen molar-refractivity contribution in [1.29, 1.82) is 0 Å². The van der Waals surface area contributed by atoms with Crippen LogP contribution in [0.2, 0.25) is 0 Å². The molecule has 0 aromatic heterocycles. The quantitative estimate of drug-likeness (QED) is 0.893. The molecule has 0 spiro atoms. The number of hydrogen-bond donors (Lipinski definition) is 1. The van der Waals surface area contributed by atoms with Gasteiger partial charge in [-0.05, 0) is 17.7 Å². The third-order valence-electron chi connectivity index (χ3n) is 3.33. The highest BCUT2D eigenvalue weighted by molar-refractivity contribution is 8.00. The lowest BCUT2D eigenvalue weighted by Crippen LogP contribution is -2.40. The van der Waals surface area contributed by atoms with Crippen molar-refractivity contribution in [1.82, 2.24) is 4.90 Å². The highest BCUT2D eigenvalue weighted by Gasteiger charge is 2.20. The van der Waals surface area contributed by atoms with Crippen LogP contribution in [0.4, 0.5) is 0 Å². The molecule has 18 heavy (non-hydrogen) atoms. The largest absolute Gasteiger partial charge is 0.454 e. The number of nitrogens with zero attached hydrogens (tertiary/aromatic N) is 1. The molecule has 2 aliphatic rings. The molecule has 1 unspecified atom stereocenters. The molecule has 2 aliphatic heterocycles. The zero-order valence-corrected chi connectivity index (χ0v) is 11.1. The molecule has 0 radical (unpaired) electrons. The minimum Gasteiger partial charge on any atom is -0.454 e. The lowest BCUT2D eigenvalue weighted by Gasteiger charge is -2.31. The van der Waals surface area contributed by atoms with Crippen LogP contribution in [-0.2, 0) is 6.54 Å². The van der Waals surface area contributed by atoms with Crippen molar-refractivity contribution in [2.75, 3.05) is 32.2 Å². The summed E-state index contributed by atoms with van der Waals surface area (Å²) >= 11 is 1.99. The van der Waals surface area contributed by atoms with E-state index in [1.807, 2.05) is 17.8 Å². The monoisotopic (exact) mass is 266 g/mol. The maximum absolute atomic E-state index is 5.75. The summed E-state index contributed by atoms with van der Waals surface area (Å²) in [6.07, 6.45) is 0. The predicted octanol–water partition coefficient (Wildman–Crippen LogP) is 1.29. The summed E-state index contributed by atoms with van der Waals surface area (Å²) in [4.78, 5) is 2.46. The van der Waals surface area contributed by atoms with Gasteiger partial charge in [-0.25, -0.2) is 0 Å². The van der Waals surface area contributed by atoms with Crippen LogP contribution < -0.4 is 15.2 Å². The Balaban J connectivity index is 1.65. The Morgan fingerprint density at radius 3 is 3.11 bits per heavy atom. The molecule has 0 aliphatic carbocycles. The van der Waals surface area contributed by atoms with Gasteiger partial charge in [0.2, 0.25) is 6.79 Å². The van der Waals surface area contributed by atoms with Gasteiger partial charge < -0.3 is 15.2 Å². The zero-order valence-electron chi connectivity index (χ0n) is 10.3. The zero-order chi connectivity index (χ0) is 12.4. The van der Waals surface area contributed by atoms with E-state index in [0.29, 0.717) is 12.0 Å². The molecule has 1 aromatic rings. The van der Waals surface area contributed by atoms with Crippen molar-refractivity contribution >= 4 is 11.8 Å². The first-order chi connectivity index (χ1) is 8.85. The summed E-state index contributed by atoms with van der Waals surface area (Å²) in [6, 6.07) is 6.20. The number of fused-ring (bicyclic) bond motifs is 1. The summed E-state index contributed by atoms with van der Waals surface area (Å²) in [7, 11) is 0. The Morgan fingerprint density at radius 2 is 2.22 bits per heavy atom. The van der Waals surface area contributed by atoms with Crippen LogP contribution in [0, 0.1) is 0 Å². The van der Waals surface area contributed by atoms with E-state index in [1.165, 1.54) is 11.3 Å². The van der Waals surface area contributed by atoms with Gasteiger partial charge in [0.1, 0.15) is 0 Å². The third kappa shape index (κ3) is 2.58. The Bertz CT molecular complexity index is 427. The molecule has 0 saturated carbocycles. The molecule has 1 saturated heterocycles. The first-order valence-electron chi connectivity index (χ1n) is 6.27. The van der Waals surface area contributed by atoms with Crippen molar-refractivity contribution in [3.8, 4) is 11.5 Å². The second-order valence-corrected chi connectivity index (χ2v) is 6.06. The molecular formula is C13H18N2O2S. The molecule has 0 amide bonds. The summed E-state index contributed by atoms with van der Waals surface area (Å²) in [5.74, 6) is 2.90. The molecule has 5 heteroatoms. The van der Waals surface area contributed by atoms with E-state index in [-0.39, 0.29) is 0 Å². The van der Waals surface area contributed by atoms with Crippen molar-refractivity contribution < 1.29 is 9.47 Å². The summed E-state index contributed by atoms with van der Waals surface area (Å²) in [6.45, 7) is 4.29. The Morgan fingerprint density at radius 1 is 1.33 bits per heavy atom. The van der Waals surface area contributed by atoms with Gasteiger partial charge in [0.05, 0.1) is 0 Å². The SMILES string of the molecule is NCC1CN(Cc2ccc3c(c2)OCO3)CCS1. The van der Waals surface area contributed by atoms with Crippen molar-refractivity contribution in [2.45, 2.75) is 11.8 Å². The average molecular weight is 266 g/mol. The van der Waals surface area contributed by atoms with Gasteiger partial charge in [0.25, 0.3) is 0 Å². The van der Waals surface area contributed by atoms with Gasteiger partial charge >= 0.3 is 0 Å². The highest BCUT2D eigenvalue weighted by atomic mass is 32.2. The molecule has 4 nitrogen and oxygen atoms in total. The number of nitrogens with two attached hydrogens (primary N) is 1. The first kappa shape index (κ1) is 12.1. The molecule has 0 bridgehead atoms. The van der Waals surface area contributed by atoms with Crippen LogP contribution in [0.25, 0.3) is 0 Å². The fourth-order valence-corrected chi connectivity index (χ4v) is 3.51.